The summed E-state index contributed by atoms with van der Waals surface area (Å²) in [5.41, 5.74) is 2.15. The molecule has 1 aromatic carbocycles. The summed E-state index contributed by atoms with van der Waals surface area (Å²) in [7, 11) is 1.46. The normalized spacial score (nSPS) is 11.1. The molecule has 4 aromatic rings. The second kappa shape index (κ2) is 7.37. The van der Waals surface area contributed by atoms with Gasteiger partial charge in [-0.15, -0.1) is 0 Å². The summed E-state index contributed by atoms with van der Waals surface area (Å²) in [5.74, 6) is 0.704. The molecule has 0 fully saturated rings. The molecule has 0 unspecified atom stereocenters. The molecule has 0 saturated carbocycles. The molecular formula is C18H16ClN7O2. The summed E-state index contributed by atoms with van der Waals surface area (Å²) in [6.07, 6.45) is 3.10. The van der Waals surface area contributed by atoms with Gasteiger partial charge in [-0.25, -0.2) is 14.6 Å². The van der Waals surface area contributed by atoms with Gasteiger partial charge >= 0.3 is 0 Å². The van der Waals surface area contributed by atoms with E-state index < -0.39 is 0 Å². The average Bonchev–Trinajstić information content (AvgIpc) is 3.26. The number of amides is 1. The second-order valence-electron chi connectivity index (χ2n) is 6.03. The van der Waals surface area contributed by atoms with Crippen molar-refractivity contribution < 1.29 is 9.53 Å². The lowest BCUT2D eigenvalue weighted by molar-refractivity contribution is -0.119. The number of hydrogen-bond acceptors (Lipinski definition) is 6. The van der Waals surface area contributed by atoms with Crippen LogP contribution in [0.2, 0.25) is 5.02 Å². The Kier molecular flexibility index (Phi) is 4.76. The van der Waals surface area contributed by atoms with Crippen LogP contribution in [0.15, 0.2) is 42.9 Å². The lowest BCUT2D eigenvalue weighted by Gasteiger charge is -2.09. The van der Waals surface area contributed by atoms with E-state index in [-0.39, 0.29) is 12.5 Å². The molecule has 142 valence electrons. The number of hydrogen-bond donors (Lipinski definition) is 1. The van der Waals surface area contributed by atoms with Crippen molar-refractivity contribution in [2.24, 2.45) is 0 Å². The Balaban J connectivity index is 1.81. The Morgan fingerprint density at radius 1 is 1.21 bits per heavy atom. The van der Waals surface area contributed by atoms with E-state index in [4.69, 9.17) is 16.3 Å². The Morgan fingerprint density at radius 2 is 2.00 bits per heavy atom. The number of rotatable bonds is 5. The van der Waals surface area contributed by atoms with Gasteiger partial charge in [-0.05, 0) is 31.2 Å². The second-order valence-corrected chi connectivity index (χ2v) is 6.47. The van der Waals surface area contributed by atoms with Gasteiger partial charge in [-0.3, -0.25) is 4.79 Å². The Morgan fingerprint density at radius 3 is 2.75 bits per heavy atom. The van der Waals surface area contributed by atoms with Crippen LogP contribution in [-0.2, 0) is 9.53 Å². The first-order valence-electron chi connectivity index (χ1n) is 8.37. The molecule has 0 aliphatic carbocycles. The largest absolute Gasteiger partial charge is 0.375 e. The number of carbonyl (C=O) groups is 1. The third kappa shape index (κ3) is 3.32. The summed E-state index contributed by atoms with van der Waals surface area (Å²) in [5, 5.41) is 13.0. The highest BCUT2D eigenvalue weighted by molar-refractivity contribution is 6.30. The number of benzene rings is 1. The minimum Gasteiger partial charge on any atom is -0.375 e. The summed E-state index contributed by atoms with van der Waals surface area (Å²) in [6.45, 7) is 1.77. The smallest absolute Gasteiger partial charge is 0.251 e. The fraction of sp³-hybridized carbons (Fsp3) is 0.167. The molecule has 10 heteroatoms. The van der Waals surface area contributed by atoms with E-state index in [1.54, 1.807) is 33.8 Å². The zero-order valence-electron chi connectivity index (χ0n) is 15.1. The van der Waals surface area contributed by atoms with Crippen LogP contribution < -0.4 is 5.32 Å². The van der Waals surface area contributed by atoms with E-state index in [2.05, 4.69) is 25.5 Å². The van der Waals surface area contributed by atoms with Gasteiger partial charge in [0.2, 0.25) is 0 Å². The maximum atomic E-state index is 11.9. The summed E-state index contributed by atoms with van der Waals surface area (Å²) in [6, 6.07) is 9.03. The van der Waals surface area contributed by atoms with Gasteiger partial charge in [0, 0.05) is 18.2 Å². The van der Waals surface area contributed by atoms with Crippen LogP contribution >= 0.6 is 11.6 Å². The molecule has 0 radical (unpaired) electrons. The van der Waals surface area contributed by atoms with E-state index in [9.17, 15) is 4.79 Å². The molecule has 0 spiro atoms. The first-order valence-corrected chi connectivity index (χ1v) is 8.75. The number of ether oxygens (including phenoxy) is 1. The topological polar surface area (TPSA) is 99.8 Å². The molecule has 1 amide bonds. The number of aryl methyl sites for hydroxylation is 1. The zero-order valence-corrected chi connectivity index (χ0v) is 15.9. The lowest BCUT2D eigenvalue weighted by atomic mass is 10.3. The molecule has 4 rings (SSSR count). The maximum Gasteiger partial charge on any atom is 0.251 e. The predicted molar refractivity (Wildman–Crippen MR) is 104 cm³/mol. The Labute approximate surface area is 164 Å². The maximum absolute atomic E-state index is 11.9. The van der Waals surface area contributed by atoms with Gasteiger partial charge in [0.05, 0.1) is 23.0 Å². The summed E-state index contributed by atoms with van der Waals surface area (Å²) in [4.78, 5) is 20.7. The molecule has 1 N–H and O–H groups in total. The number of carbonyl (C=O) groups excluding carboxylic acids is 1. The highest BCUT2D eigenvalue weighted by Gasteiger charge is 2.17. The molecule has 0 aliphatic heterocycles. The Bertz CT molecular complexity index is 1150. The van der Waals surface area contributed by atoms with Crippen LogP contribution in [0.1, 0.15) is 5.69 Å². The van der Waals surface area contributed by atoms with Gasteiger partial charge in [0.1, 0.15) is 18.8 Å². The van der Waals surface area contributed by atoms with Gasteiger partial charge in [-0.1, -0.05) is 11.6 Å². The number of aromatic nitrogens is 6. The fourth-order valence-electron chi connectivity index (χ4n) is 2.83. The SMILES string of the molecule is COCC(=O)Nc1cc(C)nn1-c1ncnc2c1cnn2-c1ccc(Cl)cc1. The van der Waals surface area contributed by atoms with Crippen molar-refractivity contribution in [1.82, 2.24) is 29.5 Å². The minimum absolute atomic E-state index is 0.0576. The van der Waals surface area contributed by atoms with Gasteiger partial charge in [0.25, 0.3) is 5.91 Å². The number of methoxy groups -OCH3 is 1. The molecule has 0 aliphatic rings. The average molecular weight is 398 g/mol. The van der Waals surface area contributed by atoms with Crippen LogP contribution in [0.5, 0.6) is 0 Å². The van der Waals surface area contributed by atoms with E-state index in [1.807, 2.05) is 19.1 Å². The molecular weight excluding hydrogens is 382 g/mol. The van der Waals surface area contributed by atoms with Crippen molar-refractivity contribution in [2.45, 2.75) is 6.92 Å². The fourth-order valence-corrected chi connectivity index (χ4v) is 2.96. The van der Waals surface area contributed by atoms with Gasteiger partial charge in [-0.2, -0.15) is 14.9 Å². The molecule has 9 nitrogen and oxygen atoms in total. The third-order valence-corrected chi connectivity index (χ3v) is 4.24. The van der Waals surface area contributed by atoms with Crippen molar-refractivity contribution in [3.63, 3.8) is 0 Å². The van der Waals surface area contributed by atoms with E-state index in [1.165, 1.54) is 13.4 Å². The first kappa shape index (κ1) is 18.1. The first-order chi connectivity index (χ1) is 13.6. The monoisotopic (exact) mass is 397 g/mol. The third-order valence-electron chi connectivity index (χ3n) is 3.99. The van der Waals surface area contributed by atoms with E-state index >= 15 is 0 Å². The molecule has 0 atom stereocenters. The molecule has 0 saturated heterocycles. The number of anilines is 1. The standard InChI is InChI=1S/C18H16ClN7O2/c1-11-7-15(23-16(27)9-28-2)26(24-11)18-14-8-22-25(17(14)20-10-21-18)13-5-3-12(19)4-6-13/h3-8,10H,9H2,1-2H3,(H,23,27). The predicted octanol–water partition coefficient (Wildman–Crippen LogP) is 2.55. The lowest BCUT2D eigenvalue weighted by Crippen LogP contribution is -2.19. The van der Waals surface area contributed by atoms with E-state index in [0.717, 1.165) is 11.4 Å². The number of nitrogens with one attached hydrogen (secondary N) is 1. The van der Waals surface area contributed by atoms with Crippen molar-refractivity contribution >= 4 is 34.4 Å². The summed E-state index contributed by atoms with van der Waals surface area (Å²) < 4.78 is 8.12. The molecule has 0 bridgehead atoms. The van der Waals surface area contributed by atoms with Crippen LogP contribution in [0, 0.1) is 6.92 Å². The molecule has 3 heterocycles. The van der Waals surface area contributed by atoms with E-state index in [0.29, 0.717) is 27.7 Å². The quantitative estimate of drug-likeness (QED) is 0.555. The minimum atomic E-state index is -0.286. The van der Waals surface area contributed by atoms with Crippen molar-refractivity contribution in [3.05, 3.63) is 53.6 Å². The molecule has 28 heavy (non-hydrogen) atoms. The summed E-state index contributed by atoms with van der Waals surface area (Å²) >= 11 is 5.97. The highest BCUT2D eigenvalue weighted by Crippen LogP contribution is 2.24. The van der Waals surface area contributed by atoms with Crippen molar-refractivity contribution in [3.8, 4) is 11.5 Å². The van der Waals surface area contributed by atoms with Crippen molar-refractivity contribution in [2.75, 3.05) is 19.0 Å². The molecule has 3 aromatic heterocycles. The Hall–Kier alpha value is -3.30. The zero-order chi connectivity index (χ0) is 19.7. The highest BCUT2D eigenvalue weighted by atomic mass is 35.5. The number of fused-ring (bicyclic) bond motifs is 1. The van der Waals surface area contributed by atoms with Gasteiger partial charge in [0.15, 0.2) is 11.5 Å². The number of nitrogens with zero attached hydrogens (tertiary/aromatic N) is 6. The number of halogens is 1. The van der Waals surface area contributed by atoms with Crippen LogP contribution in [0.3, 0.4) is 0 Å². The van der Waals surface area contributed by atoms with Crippen LogP contribution in [0.4, 0.5) is 5.82 Å². The van der Waals surface area contributed by atoms with Crippen LogP contribution in [-0.4, -0.2) is 49.2 Å². The van der Waals surface area contributed by atoms with Gasteiger partial charge < -0.3 is 10.1 Å². The van der Waals surface area contributed by atoms with Crippen molar-refractivity contribution in [1.29, 1.82) is 0 Å². The van der Waals surface area contributed by atoms with Crippen LogP contribution in [0.25, 0.3) is 22.5 Å².